The van der Waals surface area contributed by atoms with Crippen LogP contribution < -0.4 is 14.8 Å². The summed E-state index contributed by atoms with van der Waals surface area (Å²) in [5, 5.41) is 23.4. The molecule has 2 aromatic rings. The van der Waals surface area contributed by atoms with Gasteiger partial charge in [-0.3, -0.25) is 4.79 Å². The van der Waals surface area contributed by atoms with Gasteiger partial charge in [-0.2, -0.15) is 0 Å². The lowest BCUT2D eigenvalue weighted by atomic mass is 10.1. The first-order valence-corrected chi connectivity index (χ1v) is 14.9. The number of carbonyl (C=O) groups excluding carboxylic acids is 2. The zero-order valence-corrected chi connectivity index (χ0v) is 25.6. The van der Waals surface area contributed by atoms with Gasteiger partial charge in [0.2, 0.25) is 0 Å². The average molecular weight is 595 g/mol. The fourth-order valence-electron chi connectivity index (χ4n) is 3.46. The van der Waals surface area contributed by atoms with Crippen molar-refractivity contribution in [2.75, 3.05) is 32.2 Å². The van der Waals surface area contributed by atoms with Crippen molar-refractivity contribution in [1.29, 1.82) is 0 Å². The van der Waals surface area contributed by atoms with Crippen molar-refractivity contribution in [3.63, 3.8) is 0 Å². The fraction of sp³-hybridized carbons (Fsp3) is 0.533. The van der Waals surface area contributed by atoms with E-state index in [1.807, 2.05) is 51.1 Å². The third-order valence-electron chi connectivity index (χ3n) is 5.54. The second-order valence-electron chi connectivity index (χ2n) is 8.80. The normalized spacial score (nSPS) is 17.6. The molecule has 1 aliphatic rings. The van der Waals surface area contributed by atoms with E-state index in [9.17, 15) is 15.0 Å². The summed E-state index contributed by atoms with van der Waals surface area (Å²) in [5.41, 5.74) is 1.09. The largest absolute Gasteiger partial charge is 0.471 e. The molecular formula is C30H46N2O8S. The van der Waals surface area contributed by atoms with Crippen molar-refractivity contribution in [2.24, 2.45) is 0 Å². The van der Waals surface area contributed by atoms with Gasteiger partial charge in [0.1, 0.15) is 12.0 Å². The summed E-state index contributed by atoms with van der Waals surface area (Å²) in [7, 11) is 1.31. The standard InChI is InChI=1S/C26H36N2O6S.C2H4O2.C2H6/c1-3-5-12-27-21-14-18(26(31)32-13-6-4-2)15-23(24(21)34-20-10-8-7-9-11-20)35-28-25-22(30)16-19(29)17-33-25;1-4-2-3;1-2/h7-11,14-15,19,22,25,27-30H,3-6,12-13,16-17H2,1-2H3;2H,1H3;1-2H3. The van der Waals surface area contributed by atoms with Crippen LogP contribution in [0.1, 0.15) is 70.2 Å². The van der Waals surface area contributed by atoms with Crippen LogP contribution in [-0.4, -0.2) is 68.0 Å². The number of rotatable bonds is 14. The number of anilines is 1. The molecule has 0 aromatic heterocycles. The third kappa shape index (κ3) is 13.6. The van der Waals surface area contributed by atoms with Gasteiger partial charge in [-0.05, 0) is 49.1 Å². The predicted octanol–water partition coefficient (Wildman–Crippen LogP) is 5.53. The van der Waals surface area contributed by atoms with E-state index < -0.39 is 24.4 Å². The highest BCUT2D eigenvalue weighted by Crippen LogP contribution is 2.40. The van der Waals surface area contributed by atoms with Crippen LogP contribution in [0, 0.1) is 0 Å². The van der Waals surface area contributed by atoms with E-state index in [-0.39, 0.29) is 13.0 Å². The van der Waals surface area contributed by atoms with E-state index in [1.165, 1.54) is 19.1 Å². The van der Waals surface area contributed by atoms with Gasteiger partial charge in [-0.1, -0.05) is 58.7 Å². The van der Waals surface area contributed by atoms with Crippen LogP contribution in [0.15, 0.2) is 47.4 Å². The maximum atomic E-state index is 12.8. The number of hydrogen-bond acceptors (Lipinski definition) is 11. The number of carbonyl (C=O) groups is 2. The Labute approximate surface area is 248 Å². The number of para-hydroxylation sites is 1. The maximum absolute atomic E-state index is 12.8. The summed E-state index contributed by atoms with van der Waals surface area (Å²) in [5.74, 6) is 0.811. The lowest BCUT2D eigenvalue weighted by molar-refractivity contribution is -0.126. The Bertz CT molecular complexity index is 996. The molecule has 4 N–H and O–H groups in total. The van der Waals surface area contributed by atoms with Crippen LogP contribution in [0.4, 0.5) is 5.69 Å². The summed E-state index contributed by atoms with van der Waals surface area (Å²) in [6.45, 7) is 9.75. The third-order valence-corrected chi connectivity index (χ3v) is 6.42. The molecule has 10 nitrogen and oxygen atoms in total. The molecule has 0 radical (unpaired) electrons. The number of nitrogens with one attached hydrogen (secondary N) is 2. The number of methoxy groups -OCH3 is 1. The minimum atomic E-state index is -0.867. The van der Waals surface area contributed by atoms with Crippen LogP contribution in [-0.2, 0) is 19.0 Å². The SMILES string of the molecule is CC.CCCCNc1cc(C(=O)OCCCC)cc(SNC2OCC(O)CC2O)c1Oc1ccccc1.COC=O. The fourth-order valence-corrected chi connectivity index (χ4v) is 4.36. The van der Waals surface area contributed by atoms with Crippen molar-refractivity contribution in [3.8, 4) is 11.5 Å². The minimum Gasteiger partial charge on any atom is -0.471 e. The summed E-state index contributed by atoms with van der Waals surface area (Å²) < 4.78 is 24.3. The van der Waals surface area contributed by atoms with Gasteiger partial charge >= 0.3 is 5.97 Å². The van der Waals surface area contributed by atoms with E-state index >= 15 is 0 Å². The first-order valence-electron chi connectivity index (χ1n) is 14.1. The number of unbranched alkanes of at least 4 members (excludes halogenated alkanes) is 2. The molecule has 2 aromatic carbocycles. The van der Waals surface area contributed by atoms with Crippen molar-refractivity contribution in [2.45, 2.75) is 83.1 Å². The summed E-state index contributed by atoms with van der Waals surface area (Å²) in [6.07, 6.45) is 1.70. The van der Waals surface area contributed by atoms with E-state index in [0.717, 1.165) is 32.2 Å². The molecule has 3 rings (SSSR count). The Kier molecular flexibility index (Phi) is 19.3. The van der Waals surface area contributed by atoms with Gasteiger partial charge in [0.05, 0.1) is 48.7 Å². The Morgan fingerprint density at radius 2 is 1.80 bits per heavy atom. The van der Waals surface area contributed by atoms with E-state index in [0.29, 0.717) is 40.7 Å². The Hall–Kier alpha value is -2.83. The molecule has 3 unspecified atom stereocenters. The lowest BCUT2D eigenvalue weighted by Gasteiger charge is -2.31. The summed E-state index contributed by atoms with van der Waals surface area (Å²) >= 11 is 1.20. The topological polar surface area (TPSA) is 136 Å². The second kappa shape index (κ2) is 21.9. The molecule has 0 aliphatic carbocycles. The van der Waals surface area contributed by atoms with Gasteiger partial charge in [-0.25, -0.2) is 9.52 Å². The summed E-state index contributed by atoms with van der Waals surface area (Å²) in [4.78, 5) is 22.4. The average Bonchev–Trinajstić information content (AvgIpc) is 2.99. The molecule has 41 heavy (non-hydrogen) atoms. The predicted molar refractivity (Wildman–Crippen MR) is 161 cm³/mol. The van der Waals surface area contributed by atoms with E-state index in [2.05, 4.69) is 21.7 Å². The summed E-state index contributed by atoms with van der Waals surface area (Å²) in [6, 6.07) is 12.9. The maximum Gasteiger partial charge on any atom is 0.338 e. The molecule has 1 aliphatic heterocycles. The second-order valence-corrected chi connectivity index (χ2v) is 9.68. The highest BCUT2D eigenvalue weighted by Gasteiger charge is 2.29. The highest BCUT2D eigenvalue weighted by molar-refractivity contribution is 7.97. The molecule has 0 spiro atoms. The zero-order chi connectivity index (χ0) is 30.5. The van der Waals surface area contributed by atoms with Crippen LogP contribution in [0.3, 0.4) is 0 Å². The van der Waals surface area contributed by atoms with Crippen molar-refractivity contribution in [1.82, 2.24) is 4.72 Å². The molecule has 3 atom stereocenters. The molecule has 0 bridgehead atoms. The van der Waals surface area contributed by atoms with Gasteiger partial charge in [0, 0.05) is 13.0 Å². The smallest absolute Gasteiger partial charge is 0.338 e. The molecule has 11 heteroatoms. The number of benzene rings is 2. The van der Waals surface area contributed by atoms with Crippen molar-refractivity contribution >= 4 is 30.1 Å². The van der Waals surface area contributed by atoms with Gasteiger partial charge in [0.25, 0.3) is 6.47 Å². The zero-order valence-electron chi connectivity index (χ0n) is 24.8. The molecule has 230 valence electrons. The van der Waals surface area contributed by atoms with E-state index in [1.54, 1.807) is 12.1 Å². The first kappa shape index (κ1) is 36.2. The van der Waals surface area contributed by atoms with Crippen LogP contribution >= 0.6 is 11.9 Å². The first-order chi connectivity index (χ1) is 19.9. The van der Waals surface area contributed by atoms with E-state index in [4.69, 9.17) is 19.0 Å². The van der Waals surface area contributed by atoms with Gasteiger partial charge < -0.3 is 34.5 Å². The van der Waals surface area contributed by atoms with Crippen LogP contribution in [0.25, 0.3) is 0 Å². The molecule has 1 fully saturated rings. The molecule has 0 amide bonds. The molecule has 1 heterocycles. The van der Waals surface area contributed by atoms with Crippen LogP contribution in [0.2, 0.25) is 0 Å². The quantitative estimate of drug-likeness (QED) is 0.0952. The van der Waals surface area contributed by atoms with Crippen LogP contribution in [0.5, 0.6) is 11.5 Å². The minimum absolute atomic E-state index is 0.135. The number of esters is 1. The number of aliphatic hydroxyl groups excluding tert-OH is 2. The van der Waals surface area contributed by atoms with Gasteiger partial charge in [0.15, 0.2) is 5.75 Å². The lowest BCUT2D eigenvalue weighted by Crippen LogP contribution is -2.47. The Balaban J connectivity index is 0.00000129. The number of ether oxygens (including phenoxy) is 4. The number of hydrogen-bond donors (Lipinski definition) is 4. The Morgan fingerprint density at radius 3 is 2.41 bits per heavy atom. The monoisotopic (exact) mass is 594 g/mol. The van der Waals surface area contributed by atoms with Crippen molar-refractivity contribution in [3.05, 3.63) is 48.0 Å². The highest BCUT2D eigenvalue weighted by atomic mass is 32.2. The van der Waals surface area contributed by atoms with Crippen molar-refractivity contribution < 1.29 is 38.7 Å². The molecule has 1 saturated heterocycles. The molecular weight excluding hydrogens is 548 g/mol. The van der Waals surface area contributed by atoms with Gasteiger partial charge in [-0.15, -0.1) is 0 Å². The number of aliphatic hydroxyl groups is 2. The molecule has 0 saturated carbocycles. The Morgan fingerprint density at radius 1 is 1.12 bits per heavy atom.